The van der Waals surface area contributed by atoms with Crippen LogP contribution in [0.25, 0.3) is 0 Å². The molecule has 0 saturated heterocycles. The summed E-state index contributed by atoms with van der Waals surface area (Å²) in [5.74, 6) is 0. The average molecular weight is 257 g/mol. The Kier molecular flexibility index (Phi) is 4.38. The number of aromatic nitrogens is 2. The van der Waals surface area contributed by atoms with Gasteiger partial charge >= 0.3 is 0 Å². The molecule has 0 saturated carbocycles. The van der Waals surface area contributed by atoms with Crippen molar-refractivity contribution in [1.29, 1.82) is 0 Å². The van der Waals surface area contributed by atoms with Gasteiger partial charge in [0.1, 0.15) is 0 Å². The van der Waals surface area contributed by atoms with E-state index in [9.17, 15) is 0 Å². The van der Waals surface area contributed by atoms with Crippen molar-refractivity contribution >= 4 is 0 Å². The topological polar surface area (TPSA) is 29.9 Å². The average Bonchev–Trinajstić information content (AvgIpc) is 2.86. The summed E-state index contributed by atoms with van der Waals surface area (Å²) < 4.78 is 2.01. The van der Waals surface area contributed by atoms with Crippen LogP contribution in [0.15, 0.2) is 36.5 Å². The first-order chi connectivity index (χ1) is 9.11. The molecule has 3 heteroatoms. The normalized spacial score (nSPS) is 12.9. The van der Waals surface area contributed by atoms with Gasteiger partial charge in [-0.25, -0.2) is 0 Å². The standard InChI is InChI=1S/C16H23N3/c1-12(2)19-10-9-14(18-19)11-16(17-4)15-8-6-5-7-13(15)3/h5-10,12,16-17H,11H2,1-4H3. The maximum Gasteiger partial charge on any atom is 0.0643 e. The Balaban J connectivity index is 2.17. The minimum atomic E-state index is 0.316. The third kappa shape index (κ3) is 3.24. The van der Waals surface area contributed by atoms with Crippen molar-refractivity contribution in [3.05, 3.63) is 53.3 Å². The highest BCUT2D eigenvalue weighted by atomic mass is 15.3. The van der Waals surface area contributed by atoms with E-state index in [4.69, 9.17) is 0 Å². The number of nitrogens with zero attached hydrogens (tertiary/aromatic N) is 2. The van der Waals surface area contributed by atoms with E-state index in [1.54, 1.807) is 0 Å². The molecule has 1 aromatic carbocycles. The first-order valence-electron chi connectivity index (χ1n) is 6.88. The van der Waals surface area contributed by atoms with E-state index >= 15 is 0 Å². The number of likely N-dealkylation sites (N-methyl/N-ethyl adjacent to an activating group) is 1. The first-order valence-corrected chi connectivity index (χ1v) is 6.88. The molecule has 2 aromatic rings. The fourth-order valence-corrected chi connectivity index (χ4v) is 2.33. The molecule has 19 heavy (non-hydrogen) atoms. The minimum absolute atomic E-state index is 0.316. The van der Waals surface area contributed by atoms with Gasteiger partial charge < -0.3 is 5.32 Å². The molecule has 102 valence electrons. The predicted molar refractivity (Wildman–Crippen MR) is 79.3 cm³/mol. The van der Waals surface area contributed by atoms with E-state index in [-0.39, 0.29) is 0 Å². The Labute approximate surface area is 115 Å². The molecule has 0 aliphatic carbocycles. The molecule has 1 atom stereocenters. The second-order valence-corrected chi connectivity index (χ2v) is 5.28. The summed E-state index contributed by atoms with van der Waals surface area (Å²) in [5, 5.41) is 8.03. The smallest absolute Gasteiger partial charge is 0.0643 e. The maximum atomic E-state index is 4.63. The van der Waals surface area contributed by atoms with Crippen LogP contribution in [0.3, 0.4) is 0 Å². The quantitative estimate of drug-likeness (QED) is 0.891. The highest BCUT2D eigenvalue weighted by molar-refractivity contribution is 5.29. The molecule has 0 aliphatic rings. The highest BCUT2D eigenvalue weighted by Gasteiger charge is 2.14. The van der Waals surface area contributed by atoms with Crippen molar-refractivity contribution in [3.63, 3.8) is 0 Å². The SMILES string of the molecule is CNC(Cc1ccn(C(C)C)n1)c1ccccc1C. The molecule has 0 aliphatic heterocycles. The van der Waals surface area contributed by atoms with E-state index in [1.807, 2.05) is 11.7 Å². The summed E-state index contributed by atoms with van der Waals surface area (Å²) in [6, 6.07) is 11.4. The van der Waals surface area contributed by atoms with Crippen molar-refractivity contribution in [2.45, 2.75) is 39.3 Å². The van der Waals surface area contributed by atoms with Gasteiger partial charge in [-0.2, -0.15) is 5.10 Å². The summed E-state index contributed by atoms with van der Waals surface area (Å²) >= 11 is 0. The maximum absolute atomic E-state index is 4.63. The van der Waals surface area contributed by atoms with E-state index in [1.165, 1.54) is 11.1 Å². The van der Waals surface area contributed by atoms with Crippen LogP contribution in [0.1, 0.15) is 42.8 Å². The third-order valence-corrected chi connectivity index (χ3v) is 3.52. The molecule has 1 unspecified atom stereocenters. The molecule has 2 rings (SSSR count). The van der Waals surface area contributed by atoms with E-state index in [2.05, 4.69) is 67.7 Å². The molecule has 0 fully saturated rings. The van der Waals surface area contributed by atoms with Crippen molar-refractivity contribution in [3.8, 4) is 0 Å². The zero-order chi connectivity index (χ0) is 13.8. The summed E-state index contributed by atoms with van der Waals surface area (Å²) in [4.78, 5) is 0. The second kappa shape index (κ2) is 6.02. The summed E-state index contributed by atoms with van der Waals surface area (Å²) in [6.45, 7) is 6.45. The van der Waals surface area contributed by atoms with E-state index < -0.39 is 0 Å². The van der Waals surface area contributed by atoms with Crippen molar-refractivity contribution in [2.75, 3.05) is 7.05 Å². The lowest BCUT2D eigenvalue weighted by Gasteiger charge is -2.17. The van der Waals surface area contributed by atoms with Crippen LogP contribution in [0.2, 0.25) is 0 Å². The molecular formula is C16H23N3. The third-order valence-electron chi connectivity index (χ3n) is 3.52. The van der Waals surface area contributed by atoms with Crippen LogP contribution in [-0.4, -0.2) is 16.8 Å². The lowest BCUT2D eigenvalue weighted by atomic mass is 9.98. The molecular weight excluding hydrogens is 234 g/mol. The zero-order valence-corrected chi connectivity index (χ0v) is 12.2. The van der Waals surface area contributed by atoms with Gasteiger partial charge in [-0.05, 0) is 45.0 Å². The van der Waals surface area contributed by atoms with Gasteiger partial charge in [0, 0.05) is 24.7 Å². The van der Waals surface area contributed by atoms with Gasteiger partial charge in [-0.1, -0.05) is 24.3 Å². The Morgan fingerprint density at radius 2 is 1.95 bits per heavy atom. The summed E-state index contributed by atoms with van der Waals surface area (Å²) in [6.07, 6.45) is 2.98. The summed E-state index contributed by atoms with van der Waals surface area (Å²) in [7, 11) is 2.01. The number of hydrogen-bond donors (Lipinski definition) is 1. The van der Waals surface area contributed by atoms with Gasteiger partial charge in [0.15, 0.2) is 0 Å². The Morgan fingerprint density at radius 3 is 2.53 bits per heavy atom. The van der Waals surface area contributed by atoms with Crippen molar-refractivity contribution in [2.24, 2.45) is 0 Å². The summed E-state index contributed by atoms with van der Waals surface area (Å²) in [5.41, 5.74) is 3.81. The second-order valence-electron chi connectivity index (χ2n) is 5.28. The van der Waals surface area contributed by atoms with Crippen LogP contribution in [0.5, 0.6) is 0 Å². The van der Waals surface area contributed by atoms with Crippen molar-refractivity contribution in [1.82, 2.24) is 15.1 Å². The number of nitrogens with one attached hydrogen (secondary N) is 1. The molecule has 1 N–H and O–H groups in total. The van der Waals surface area contributed by atoms with E-state index in [0.717, 1.165) is 12.1 Å². The molecule has 0 amide bonds. The van der Waals surface area contributed by atoms with Crippen molar-refractivity contribution < 1.29 is 0 Å². The van der Waals surface area contributed by atoms with E-state index in [0.29, 0.717) is 12.1 Å². The Hall–Kier alpha value is -1.61. The number of rotatable bonds is 5. The zero-order valence-electron chi connectivity index (χ0n) is 12.2. The lowest BCUT2D eigenvalue weighted by Crippen LogP contribution is -2.20. The van der Waals surface area contributed by atoms with Crippen LogP contribution in [0.4, 0.5) is 0 Å². The van der Waals surface area contributed by atoms with Gasteiger partial charge in [-0.15, -0.1) is 0 Å². The number of benzene rings is 1. The molecule has 0 bridgehead atoms. The lowest BCUT2D eigenvalue weighted by molar-refractivity contribution is 0.514. The first kappa shape index (κ1) is 13.8. The van der Waals surface area contributed by atoms with Crippen LogP contribution >= 0.6 is 0 Å². The van der Waals surface area contributed by atoms with Crippen LogP contribution in [0, 0.1) is 6.92 Å². The van der Waals surface area contributed by atoms with Crippen LogP contribution < -0.4 is 5.32 Å². The van der Waals surface area contributed by atoms with Gasteiger partial charge in [0.2, 0.25) is 0 Å². The fraction of sp³-hybridized carbons (Fsp3) is 0.438. The van der Waals surface area contributed by atoms with Gasteiger partial charge in [0.25, 0.3) is 0 Å². The molecule has 3 nitrogen and oxygen atoms in total. The molecule has 0 spiro atoms. The Bertz CT molecular complexity index is 528. The minimum Gasteiger partial charge on any atom is -0.313 e. The number of hydrogen-bond acceptors (Lipinski definition) is 2. The van der Waals surface area contributed by atoms with Crippen LogP contribution in [-0.2, 0) is 6.42 Å². The highest BCUT2D eigenvalue weighted by Crippen LogP contribution is 2.21. The largest absolute Gasteiger partial charge is 0.313 e. The Morgan fingerprint density at radius 1 is 1.21 bits per heavy atom. The van der Waals surface area contributed by atoms with Gasteiger partial charge in [-0.3, -0.25) is 4.68 Å². The molecule has 0 radical (unpaired) electrons. The molecule has 1 heterocycles. The number of aryl methyl sites for hydroxylation is 1. The predicted octanol–water partition coefficient (Wildman–Crippen LogP) is 3.28. The fourth-order valence-electron chi connectivity index (χ4n) is 2.33. The van der Waals surface area contributed by atoms with Gasteiger partial charge in [0.05, 0.1) is 5.69 Å². The molecule has 1 aromatic heterocycles. The monoisotopic (exact) mass is 257 g/mol.